The summed E-state index contributed by atoms with van der Waals surface area (Å²) in [6.45, 7) is 1.27. The first kappa shape index (κ1) is 44.7. The number of amides is 1. The van der Waals surface area contributed by atoms with E-state index in [1.54, 1.807) is 6.26 Å². The highest BCUT2D eigenvalue weighted by Gasteiger charge is 2.72. The molecule has 4 atom stereocenters. The van der Waals surface area contributed by atoms with Crippen molar-refractivity contribution in [2.24, 2.45) is 11.8 Å². The molecule has 3 heterocycles. The number of benzene rings is 2. The van der Waals surface area contributed by atoms with E-state index in [1.807, 2.05) is 0 Å². The predicted octanol–water partition coefficient (Wildman–Crippen LogP) is 8.57. The number of carbonyl (C=O) groups is 1. The molecule has 1 amide bonds. The quantitative estimate of drug-likeness (QED) is 0.0768. The highest BCUT2D eigenvalue weighted by atomic mass is 32.2. The van der Waals surface area contributed by atoms with Gasteiger partial charge in [-0.2, -0.15) is 45.3 Å². The van der Waals surface area contributed by atoms with Crippen molar-refractivity contribution in [1.29, 1.82) is 0 Å². The van der Waals surface area contributed by atoms with Gasteiger partial charge in [0.1, 0.15) is 40.9 Å². The Labute approximate surface area is 351 Å². The SMILES string of the molecule is CSNc1nn(CC(F)(F)F)c2c(-c3ccc(C#CC(C)(C)S(C)(=O)=O)nc3C(Cc3cc(F)cc(F)c3)NC(=O)Cn3nc(C(F)(F)F)c4c3C(F)(F)C3C4[C@H]3C)cccc12. The van der Waals surface area contributed by atoms with Crippen molar-refractivity contribution >= 4 is 44.4 Å². The molecule has 1 saturated carbocycles. The number of carbonyl (C=O) groups excluding carboxylic acids is 1. The predicted molar refractivity (Wildman–Crippen MR) is 209 cm³/mol. The van der Waals surface area contributed by atoms with Crippen LogP contribution in [-0.4, -0.2) is 62.3 Å². The highest BCUT2D eigenvalue weighted by molar-refractivity contribution is 7.99. The lowest BCUT2D eigenvalue weighted by Gasteiger charge is -2.23. The van der Waals surface area contributed by atoms with Gasteiger partial charge < -0.3 is 10.0 Å². The maximum Gasteiger partial charge on any atom is 0.435 e. The molecule has 0 bridgehead atoms. The average molecular weight is 916 g/mol. The van der Waals surface area contributed by atoms with Gasteiger partial charge in [-0.3, -0.25) is 14.2 Å². The molecule has 0 saturated heterocycles. The molecule has 2 aliphatic carbocycles. The number of rotatable bonds is 11. The number of halogens is 10. The van der Waals surface area contributed by atoms with Crippen molar-refractivity contribution < 1.29 is 57.1 Å². The van der Waals surface area contributed by atoms with Crippen LogP contribution >= 0.6 is 11.9 Å². The van der Waals surface area contributed by atoms with Gasteiger partial charge in [-0.15, -0.1) is 0 Å². The van der Waals surface area contributed by atoms with E-state index in [0.29, 0.717) is 10.7 Å². The van der Waals surface area contributed by atoms with Gasteiger partial charge in [0.2, 0.25) is 5.91 Å². The van der Waals surface area contributed by atoms with Crippen LogP contribution in [0.1, 0.15) is 66.6 Å². The number of sulfone groups is 1. The first-order valence-corrected chi connectivity index (χ1v) is 21.7. The number of nitrogens with one attached hydrogen (secondary N) is 2. The van der Waals surface area contributed by atoms with Crippen molar-refractivity contribution in [3.05, 3.63) is 94.1 Å². The molecule has 0 radical (unpaired) electrons. The van der Waals surface area contributed by atoms with E-state index in [0.717, 1.165) is 30.3 Å². The van der Waals surface area contributed by atoms with Crippen LogP contribution in [0.15, 0.2) is 48.5 Å². The number of alkyl halides is 8. The summed E-state index contributed by atoms with van der Waals surface area (Å²) in [7, 11) is -3.79. The zero-order valence-corrected chi connectivity index (χ0v) is 34.7. The van der Waals surface area contributed by atoms with Gasteiger partial charge in [-0.25, -0.2) is 22.2 Å². The molecular formula is C40H35F10N7O3S2. The Kier molecular flexibility index (Phi) is 11.2. The van der Waals surface area contributed by atoms with Crippen molar-refractivity contribution in [2.45, 2.75) is 75.3 Å². The lowest BCUT2D eigenvalue weighted by Crippen LogP contribution is -2.35. The summed E-state index contributed by atoms with van der Waals surface area (Å²) < 4.78 is 172. The molecule has 2 aliphatic rings. The molecule has 7 rings (SSSR count). The molecule has 1 fully saturated rings. The van der Waals surface area contributed by atoms with Crippen LogP contribution in [0.5, 0.6) is 0 Å². The monoisotopic (exact) mass is 915 g/mol. The Morgan fingerprint density at radius 2 is 1.66 bits per heavy atom. The minimum Gasteiger partial charge on any atom is -0.346 e. The number of nitrogens with zero attached hydrogens (tertiary/aromatic N) is 5. The molecule has 330 valence electrons. The third kappa shape index (κ3) is 8.44. The van der Waals surface area contributed by atoms with Crippen molar-refractivity contribution in [2.75, 3.05) is 17.2 Å². The molecule has 3 aromatic heterocycles. The van der Waals surface area contributed by atoms with Gasteiger partial charge in [-0.05, 0) is 68.0 Å². The van der Waals surface area contributed by atoms with Crippen molar-refractivity contribution in [1.82, 2.24) is 29.9 Å². The summed E-state index contributed by atoms with van der Waals surface area (Å²) in [5.74, 6) is -5.14. The number of hydrogen-bond donors (Lipinski definition) is 2. The third-order valence-electron chi connectivity index (χ3n) is 11.0. The molecule has 62 heavy (non-hydrogen) atoms. The molecule has 2 aromatic carbocycles. The highest BCUT2D eigenvalue weighted by Crippen LogP contribution is 2.71. The minimum absolute atomic E-state index is 0.00433. The standard InChI is InChI=1S/C40H35F10N7O3S2/c1-19-29-30-34(40(48,49)50)53-56(35(30)39(46,47)31(19)29)17-28(58)52-27(15-20-13-21(41)16-22(42)14-20)32-24(10-9-23(51-32)11-12-37(2,3)62(5,59)60)25-7-6-8-26-33(25)57(18-38(43,44)45)54-36(26)55-61-4/h6-10,13-14,16,19,27,29,31H,15,17-18H2,1-5H3,(H,52,58)(H,54,55)/t19-,27?,29?,31?/m1/s1. The second-order valence-corrected chi connectivity index (χ2v) is 18.9. The largest absolute Gasteiger partial charge is 0.435 e. The van der Waals surface area contributed by atoms with Crippen LogP contribution in [0.4, 0.5) is 49.7 Å². The van der Waals surface area contributed by atoms with E-state index in [1.165, 1.54) is 51.1 Å². The van der Waals surface area contributed by atoms with Gasteiger partial charge in [0.05, 0.1) is 17.3 Å². The van der Waals surface area contributed by atoms with Crippen LogP contribution in [0.2, 0.25) is 0 Å². The van der Waals surface area contributed by atoms with Gasteiger partial charge in [0, 0.05) is 52.5 Å². The number of anilines is 1. The molecule has 0 aliphatic heterocycles. The lowest BCUT2D eigenvalue weighted by molar-refractivity contribution is -0.143. The number of pyridine rings is 1. The average Bonchev–Trinajstić information content (AvgIpc) is 3.36. The van der Waals surface area contributed by atoms with Gasteiger partial charge in [0.25, 0.3) is 5.92 Å². The van der Waals surface area contributed by atoms with Crippen LogP contribution in [0.3, 0.4) is 0 Å². The number of hydrogen-bond acceptors (Lipinski definition) is 8. The van der Waals surface area contributed by atoms with Crippen LogP contribution in [-0.2, 0) is 46.2 Å². The molecular weight excluding hydrogens is 881 g/mol. The summed E-state index contributed by atoms with van der Waals surface area (Å²) in [6, 6.07) is 7.88. The Bertz CT molecular complexity index is 2770. The molecule has 3 unspecified atom stereocenters. The number of fused-ring (bicyclic) bond motifs is 4. The Balaban J connectivity index is 1.42. The van der Waals surface area contributed by atoms with Crippen molar-refractivity contribution in [3.8, 4) is 23.0 Å². The van der Waals surface area contributed by atoms with Crippen LogP contribution < -0.4 is 10.0 Å². The second kappa shape index (κ2) is 15.5. The van der Waals surface area contributed by atoms with Gasteiger partial charge in [0.15, 0.2) is 21.3 Å². The molecule has 2 N–H and O–H groups in total. The first-order chi connectivity index (χ1) is 28.7. The lowest BCUT2D eigenvalue weighted by atomic mass is 9.93. The summed E-state index contributed by atoms with van der Waals surface area (Å²) in [4.78, 5) is 18.6. The molecule has 22 heteroatoms. The summed E-state index contributed by atoms with van der Waals surface area (Å²) >= 11 is 1.04. The second-order valence-electron chi connectivity index (χ2n) is 15.7. The van der Waals surface area contributed by atoms with Gasteiger partial charge >= 0.3 is 12.4 Å². The first-order valence-electron chi connectivity index (χ1n) is 18.6. The molecule has 5 aromatic rings. The van der Waals surface area contributed by atoms with Crippen LogP contribution in [0.25, 0.3) is 22.0 Å². The number of aromatic nitrogens is 5. The summed E-state index contributed by atoms with van der Waals surface area (Å²) in [5, 5.41) is 10.3. The van der Waals surface area contributed by atoms with E-state index < -0.39 is 111 Å². The van der Waals surface area contributed by atoms with Crippen LogP contribution in [0, 0.1) is 35.3 Å². The maximum atomic E-state index is 15.7. The maximum absolute atomic E-state index is 15.7. The normalized spacial score (nSPS) is 18.8. The Morgan fingerprint density at radius 1 is 0.984 bits per heavy atom. The summed E-state index contributed by atoms with van der Waals surface area (Å²) in [5.41, 5.74) is -3.83. The third-order valence-corrected chi connectivity index (χ3v) is 13.3. The van der Waals surface area contributed by atoms with Crippen molar-refractivity contribution in [3.63, 3.8) is 0 Å². The minimum atomic E-state index is -5.15. The number of para-hydroxylation sites is 1. The fourth-order valence-electron chi connectivity index (χ4n) is 7.90. The van der Waals surface area contributed by atoms with Gasteiger partial charge in [-0.1, -0.05) is 36.9 Å². The Morgan fingerprint density at radius 3 is 2.27 bits per heavy atom. The molecule has 10 nitrogen and oxygen atoms in total. The van der Waals surface area contributed by atoms with E-state index >= 15 is 8.78 Å². The fraction of sp³-hybridized carbons (Fsp3) is 0.400. The summed E-state index contributed by atoms with van der Waals surface area (Å²) in [6.07, 6.45) is -7.91. The zero-order chi connectivity index (χ0) is 45.5. The Hall–Kier alpha value is -5.30. The topological polar surface area (TPSA) is 124 Å². The van der Waals surface area contributed by atoms with E-state index in [2.05, 4.69) is 37.1 Å². The van der Waals surface area contributed by atoms with E-state index in [4.69, 9.17) is 0 Å². The smallest absolute Gasteiger partial charge is 0.346 e. The zero-order valence-electron chi connectivity index (χ0n) is 33.1. The van der Waals surface area contributed by atoms with E-state index in [9.17, 15) is 48.3 Å². The fourth-order valence-corrected chi connectivity index (χ4v) is 8.48. The van der Waals surface area contributed by atoms with E-state index in [-0.39, 0.29) is 49.5 Å². The molecule has 0 spiro atoms.